The van der Waals surface area contributed by atoms with Gasteiger partial charge in [-0.15, -0.1) is 10.2 Å². The summed E-state index contributed by atoms with van der Waals surface area (Å²) in [6, 6.07) is 3.95. The van der Waals surface area contributed by atoms with Crippen molar-refractivity contribution in [3.05, 3.63) is 46.6 Å². The van der Waals surface area contributed by atoms with E-state index in [2.05, 4.69) is 30.1 Å². The molecule has 0 aliphatic carbocycles. The summed E-state index contributed by atoms with van der Waals surface area (Å²) in [6.07, 6.45) is 0.448. The Morgan fingerprint density at radius 2 is 1.13 bits per heavy atom. The lowest BCUT2D eigenvalue weighted by atomic mass is 10.4. The number of hydrogen-bond acceptors (Lipinski definition) is 6. The summed E-state index contributed by atoms with van der Waals surface area (Å²) in [5, 5.41) is 8.98. The van der Waals surface area contributed by atoms with Crippen LogP contribution in [0.4, 0.5) is 0 Å². The van der Waals surface area contributed by atoms with Crippen LogP contribution in [0.25, 0.3) is 11.6 Å². The van der Waals surface area contributed by atoms with Crippen molar-refractivity contribution in [1.82, 2.24) is 39.2 Å². The topological polar surface area (TPSA) is 86.2 Å². The van der Waals surface area contributed by atoms with Gasteiger partial charge in [-0.05, 0) is 39.8 Å². The van der Waals surface area contributed by atoms with Crippen molar-refractivity contribution in [1.29, 1.82) is 0 Å². The lowest BCUT2D eigenvalue weighted by Gasteiger charge is -1.97. The molecule has 0 spiro atoms. The van der Waals surface area contributed by atoms with Gasteiger partial charge in [-0.2, -0.15) is 9.97 Å². The molecule has 0 unspecified atom stereocenters. The number of hydrogen-bond donors (Lipinski definition) is 0. The summed E-state index contributed by atoms with van der Waals surface area (Å²) in [7, 11) is 0. The summed E-state index contributed by atoms with van der Waals surface area (Å²) in [5.74, 6) is 2.51. The van der Waals surface area contributed by atoms with Gasteiger partial charge in [-0.25, -0.2) is 19.0 Å². The first-order chi connectivity index (χ1) is 11.0. The highest BCUT2D eigenvalue weighted by atomic mass is 15.4. The smallest absolute Gasteiger partial charge is 0.216 e. The molecule has 4 aromatic heterocycles. The normalized spacial score (nSPS) is 11.7. The van der Waals surface area contributed by atoms with Crippen LogP contribution in [0.1, 0.15) is 34.4 Å². The molecule has 0 saturated carbocycles. The molecule has 0 saturated heterocycles. The second-order valence-corrected chi connectivity index (χ2v) is 5.73. The molecule has 4 rings (SSSR count). The van der Waals surface area contributed by atoms with Crippen molar-refractivity contribution in [3.63, 3.8) is 0 Å². The molecule has 4 heterocycles. The van der Waals surface area contributed by atoms with Gasteiger partial charge in [-0.1, -0.05) is 0 Å². The van der Waals surface area contributed by atoms with Crippen LogP contribution in [-0.4, -0.2) is 39.2 Å². The SMILES string of the molecule is Cc1cc(C)n2nc(Cc3nc4nc(C)cc(C)n4n3)nc2n1. The molecule has 0 aliphatic heterocycles. The van der Waals surface area contributed by atoms with E-state index in [0.29, 0.717) is 29.6 Å². The third-order valence-electron chi connectivity index (χ3n) is 3.64. The van der Waals surface area contributed by atoms with E-state index in [0.717, 1.165) is 22.8 Å². The van der Waals surface area contributed by atoms with Crippen LogP contribution >= 0.6 is 0 Å². The van der Waals surface area contributed by atoms with E-state index in [-0.39, 0.29) is 0 Å². The number of fused-ring (bicyclic) bond motifs is 2. The zero-order valence-corrected chi connectivity index (χ0v) is 13.4. The maximum Gasteiger partial charge on any atom is 0.252 e. The van der Waals surface area contributed by atoms with Gasteiger partial charge < -0.3 is 0 Å². The van der Waals surface area contributed by atoms with Crippen molar-refractivity contribution >= 4 is 11.6 Å². The highest BCUT2D eigenvalue weighted by Gasteiger charge is 2.13. The molecule has 23 heavy (non-hydrogen) atoms. The molecule has 0 aliphatic rings. The van der Waals surface area contributed by atoms with Crippen LogP contribution in [0, 0.1) is 27.7 Å². The summed E-state index contributed by atoms with van der Waals surface area (Å²) in [4.78, 5) is 17.7. The minimum Gasteiger partial charge on any atom is -0.216 e. The fourth-order valence-electron chi connectivity index (χ4n) is 2.71. The Bertz CT molecular complexity index is 959. The second kappa shape index (κ2) is 4.80. The maximum atomic E-state index is 4.49. The Labute approximate surface area is 132 Å². The highest BCUT2D eigenvalue weighted by molar-refractivity contribution is 5.33. The monoisotopic (exact) mass is 308 g/mol. The number of aromatic nitrogens is 8. The number of aryl methyl sites for hydroxylation is 4. The molecule has 0 amide bonds. The van der Waals surface area contributed by atoms with Crippen molar-refractivity contribution in [3.8, 4) is 0 Å². The second-order valence-electron chi connectivity index (χ2n) is 5.73. The van der Waals surface area contributed by atoms with Crippen LogP contribution in [0.15, 0.2) is 12.1 Å². The van der Waals surface area contributed by atoms with Gasteiger partial charge in [0.15, 0.2) is 11.6 Å². The Balaban J connectivity index is 1.75. The largest absolute Gasteiger partial charge is 0.252 e. The van der Waals surface area contributed by atoms with Gasteiger partial charge >= 0.3 is 0 Å². The van der Waals surface area contributed by atoms with E-state index in [9.17, 15) is 0 Å². The Hall–Kier alpha value is -2.90. The summed E-state index contributed by atoms with van der Waals surface area (Å²) < 4.78 is 3.48. The predicted octanol–water partition coefficient (Wildman–Crippen LogP) is 1.39. The van der Waals surface area contributed by atoms with Crippen molar-refractivity contribution in [2.24, 2.45) is 0 Å². The molecule has 0 fully saturated rings. The van der Waals surface area contributed by atoms with Crippen molar-refractivity contribution in [2.75, 3.05) is 0 Å². The molecule has 4 aromatic rings. The van der Waals surface area contributed by atoms with Crippen LogP contribution in [0.3, 0.4) is 0 Å². The molecule has 0 atom stereocenters. The molecule has 0 radical (unpaired) electrons. The predicted molar refractivity (Wildman–Crippen MR) is 83.3 cm³/mol. The third kappa shape index (κ3) is 2.32. The first kappa shape index (κ1) is 13.7. The van der Waals surface area contributed by atoms with E-state index in [1.807, 2.05) is 39.8 Å². The fraction of sp³-hybridized carbons (Fsp3) is 0.333. The third-order valence-corrected chi connectivity index (χ3v) is 3.64. The molecule has 8 nitrogen and oxygen atoms in total. The average Bonchev–Trinajstić information content (AvgIpc) is 3.02. The van der Waals surface area contributed by atoms with E-state index in [1.165, 1.54) is 0 Å². The number of nitrogens with zero attached hydrogens (tertiary/aromatic N) is 8. The molecule has 0 N–H and O–H groups in total. The molecule has 0 aromatic carbocycles. The molecule has 8 heteroatoms. The molecular weight excluding hydrogens is 292 g/mol. The zero-order chi connectivity index (χ0) is 16.1. The van der Waals surface area contributed by atoms with E-state index in [4.69, 9.17) is 0 Å². The minimum atomic E-state index is 0.448. The van der Waals surface area contributed by atoms with Gasteiger partial charge in [0.05, 0.1) is 6.42 Å². The maximum absolute atomic E-state index is 4.49. The highest BCUT2D eigenvalue weighted by Crippen LogP contribution is 2.10. The Kier molecular flexibility index (Phi) is 2.87. The van der Waals surface area contributed by atoms with Crippen LogP contribution < -0.4 is 0 Å². The molecule has 0 bridgehead atoms. The van der Waals surface area contributed by atoms with E-state index >= 15 is 0 Å². The van der Waals surface area contributed by atoms with Gasteiger partial charge in [-0.3, -0.25) is 0 Å². The lowest BCUT2D eigenvalue weighted by Crippen LogP contribution is -1.99. The van der Waals surface area contributed by atoms with E-state index in [1.54, 1.807) is 9.03 Å². The van der Waals surface area contributed by atoms with Gasteiger partial charge in [0.1, 0.15) is 0 Å². The zero-order valence-electron chi connectivity index (χ0n) is 13.4. The quantitative estimate of drug-likeness (QED) is 0.556. The van der Waals surface area contributed by atoms with Gasteiger partial charge in [0, 0.05) is 22.8 Å². The summed E-state index contributed by atoms with van der Waals surface area (Å²) in [5.41, 5.74) is 3.86. The fourth-order valence-corrected chi connectivity index (χ4v) is 2.71. The van der Waals surface area contributed by atoms with Crippen LogP contribution in [0.2, 0.25) is 0 Å². The Morgan fingerprint density at radius 3 is 1.57 bits per heavy atom. The van der Waals surface area contributed by atoms with E-state index < -0.39 is 0 Å². The van der Waals surface area contributed by atoms with Crippen molar-refractivity contribution < 1.29 is 0 Å². The number of rotatable bonds is 2. The molecular formula is C15H16N8. The average molecular weight is 308 g/mol. The van der Waals surface area contributed by atoms with Crippen LogP contribution in [0.5, 0.6) is 0 Å². The summed E-state index contributed by atoms with van der Waals surface area (Å²) >= 11 is 0. The van der Waals surface area contributed by atoms with Gasteiger partial charge in [0.2, 0.25) is 0 Å². The summed E-state index contributed by atoms with van der Waals surface area (Å²) in [6.45, 7) is 7.86. The molecule has 116 valence electrons. The first-order valence-electron chi connectivity index (χ1n) is 7.39. The minimum absolute atomic E-state index is 0.448. The Morgan fingerprint density at radius 1 is 0.696 bits per heavy atom. The van der Waals surface area contributed by atoms with Gasteiger partial charge in [0.25, 0.3) is 11.6 Å². The standard InChI is InChI=1S/C15H16N8/c1-8-5-10(3)22-14(16-8)18-12(20-22)7-13-19-15-17-9(2)6-11(4)23(15)21-13/h5-6H,7H2,1-4H3. The first-order valence-corrected chi connectivity index (χ1v) is 7.39. The van der Waals surface area contributed by atoms with Crippen molar-refractivity contribution in [2.45, 2.75) is 34.1 Å². The van der Waals surface area contributed by atoms with Crippen LogP contribution in [-0.2, 0) is 6.42 Å². The lowest BCUT2D eigenvalue weighted by molar-refractivity contribution is 0.818.